The number of amides is 1. The Morgan fingerprint density at radius 1 is 1.26 bits per heavy atom. The second-order valence-electron chi connectivity index (χ2n) is 3.66. The van der Waals surface area contributed by atoms with Crippen LogP contribution in [0.1, 0.15) is 16.2 Å². The number of carbonyl (C=O) groups excluding carboxylic acids is 1. The smallest absolute Gasteiger partial charge is 0.291 e. The van der Waals surface area contributed by atoms with E-state index in [0.717, 1.165) is 5.69 Å². The first-order valence-electron chi connectivity index (χ1n) is 5.49. The molecule has 0 aliphatic heterocycles. The Bertz CT molecular complexity index is 582. The number of aromatic nitrogens is 1. The lowest BCUT2D eigenvalue weighted by molar-refractivity contribution is 0.0938. The van der Waals surface area contributed by atoms with Gasteiger partial charge in [0.1, 0.15) is 5.76 Å². The Kier molecular flexibility index (Phi) is 4.09. The first-order valence-corrected chi connectivity index (χ1v) is 5.90. The summed E-state index contributed by atoms with van der Waals surface area (Å²) in [6.45, 7) is 1.66. The average Bonchev–Trinajstić information content (AvgIpc) is 2.83. The normalized spacial score (nSPS) is 9.74. The minimum absolute atomic E-state index is 0.218. The minimum Gasteiger partial charge on any atom is -0.448 e. The first-order chi connectivity index (χ1) is 9.16. The van der Waals surface area contributed by atoms with Crippen molar-refractivity contribution < 1.29 is 9.21 Å². The van der Waals surface area contributed by atoms with Crippen molar-refractivity contribution in [2.24, 2.45) is 0 Å². The molecule has 1 heterocycles. The van der Waals surface area contributed by atoms with Gasteiger partial charge in [0.2, 0.25) is 0 Å². The molecule has 1 amide bonds. The third-order valence-corrected chi connectivity index (χ3v) is 2.49. The minimum atomic E-state index is -0.413. The summed E-state index contributed by atoms with van der Waals surface area (Å²) >= 11 is 5.04. The summed E-state index contributed by atoms with van der Waals surface area (Å²) in [7, 11) is 0. The molecule has 2 rings (SSSR count). The molecule has 0 spiro atoms. The monoisotopic (exact) mass is 276 g/mol. The van der Waals surface area contributed by atoms with Crippen LogP contribution in [0.5, 0.6) is 0 Å². The van der Waals surface area contributed by atoms with Crippen LogP contribution >= 0.6 is 12.2 Å². The first kappa shape index (κ1) is 13.0. The van der Waals surface area contributed by atoms with Gasteiger partial charge >= 0.3 is 0 Å². The van der Waals surface area contributed by atoms with E-state index in [1.54, 1.807) is 6.92 Å². The van der Waals surface area contributed by atoms with E-state index in [2.05, 4.69) is 21.2 Å². The van der Waals surface area contributed by atoms with Gasteiger partial charge in [-0.05, 0) is 31.3 Å². The molecule has 0 unspecified atom stereocenters. The molecule has 0 aliphatic rings. The zero-order chi connectivity index (χ0) is 13.7. The van der Waals surface area contributed by atoms with Crippen molar-refractivity contribution in [1.29, 1.82) is 0 Å². The number of benzene rings is 1. The summed E-state index contributed by atoms with van der Waals surface area (Å²) in [5.41, 5.74) is 6.06. The standard InChI is InChI=1S/C12H12N4O2S/c1-8-10(13-7-18-8)11(17)15-16-12(19)14-9-5-3-2-4-6-9/h2-7H,1H3,(H,15,17)(H2,14,16,19). The molecule has 0 fully saturated rings. The van der Waals surface area contributed by atoms with Gasteiger partial charge in [0.25, 0.3) is 5.91 Å². The highest BCUT2D eigenvalue weighted by atomic mass is 32.1. The highest BCUT2D eigenvalue weighted by molar-refractivity contribution is 7.80. The molecule has 2 aromatic rings. The molecule has 1 aromatic heterocycles. The molecular formula is C12H12N4O2S. The largest absolute Gasteiger partial charge is 0.448 e. The predicted octanol–water partition coefficient (Wildman–Crippen LogP) is 1.61. The van der Waals surface area contributed by atoms with E-state index in [1.165, 1.54) is 6.39 Å². The van der Waals surface area contributed by atoms with Crippen molar-refractivity contribution in [2.45, 2.75) is 6.92 Å². The molecule has 0 bridgehead atoms. The van der Waals surface area contributed by atoms with Gasteiger partial charge in [-0.15, -0.1) is 0 Å². The van der Waals surface area contributed by atoms with E-state index in [1.807, 2.05) is 30.3 Å². The van der Waals surface area contributed by atoms with Gasteiger partial charge < -0.3 is 9.73 Å². The topological polar surface area (TPSA) is 79.2 Å². The Hall–Kier alpha value is -2.41. The maximum atomic E-state index is 11.7. The van der Waals surface area contributed by atoms with E-state index >= 15 is 0 Å². The lowest BCUT2D eigenvalue weighted by Crippen LogP contribution is -2.44. The molecule has 0 saturated carbocycles. The number of hydrogen-bond acceptors (Lipinski definition) is 4. The van der Waals surface area contributed by atoms with Gasteiger partial charge in [0.15, 0.2) is 17.2 Å². The Balaban J connectivity index is 1.84. The van der Waals surface area contributed by atoms with Gasteiger partial charge in [-0.25, -0.2) is 4.98 Å². The fourth-order valence-electron chi connectivity index (χ4n) is 1.38. The van der Waals surface area contributed by atoms with Gasteiger partial charge in [-0.3, -0.25) is 15.6 Å². The molecule has 7 heteroatoms. The second kappa shape index (κ2) is 5.96. The van der Waals surface area contributed by atoms with Gasteiger partial charge in [0, 0.05) is 5.69 Å². The summed E-state index contributed by atoms with van der Waals surface area (Å²) in [6, 6.07) is 9.37. The highest BCUT2D eigenvalue weighted by Crippen LogP contribution is 2.05. The number of carbonyl (C=O) groups is 1. The fraction of sp³-hybridized carbons (Fsp3) is 0.0833. The van der Waals surface area contributed by atoms with Crippen molar-refractivity contribution >= 4 is 28.9 Å². The maximum absolute atomic E-state index is 11.7. The second-order valence-corrected chi connectivity index (χ2v) is 4.06. The number of aryl methyl sites for hydroxylation is 1. The maximum Gasteiger partial charge on any atom is 0.291 e. The summed E-state index contributed by atoms with van der Waals surface area (Å²) in [6.07, 6.45) is 1.21. The molecule has 3 N–H and O–H groups in total. The number of nitrogens with one attached hydrogen (secondary N) is 3. The number of hydrogen-bond donors (Lipinski definition) is 3. The number of nitrogens with zero attached hydrogens (tertiary/aromatic N) is 1. The van der Waals surface area contributed by atoms with Crippen LogP contribution in [-0.4, -0.2) is 16.0 Å². The predicted molar refractivity (Wildman–Crippen MR) is 74.5 cm³/mol. The Labute approximate surface area is 115 Å². The SMILES string of the molecule is Cc1ocnc1C(=O)NNC(=S)Nc1ccccc1. The summed E-state index contributed by atoms with van der Waals surface area (Å²) in [5, 5.41) is 3.20. The molecule has 19 heavy (non-hydrogen) atoms. The van der Waals surface area contributed by atoms with Crippen LogP contribution in [0.2, 0.25) is 0 Å². The quantitative estimate of drug-likeness (QED) is 0.571. The lowest BCUT2D eigenvalue weighted by Gasteiger charge is -2.10. The number of anilines is 1. The van der Waals surface area contributed by atoms with Crippen LogP contribution < -0.4 is 16.2 Å². The van der Waals surface area contributed by atoms with Crippen LogP contribution in [0.25, 0.3) is 0 Å². The van der Waals surface area contributed by atoms with E-state index in [4.69, 9.17) is 16.6 Å². The third-order valence-electron chi connectivity index (χ3n) is 2.28. The van der Waals surface area contributed by atoms with Crippen LogP contribution in [0.15, 0.2) is 41.1 Å². The number of para-hydroxylation sites is 1. The van der Waals surface area contributed by atoms with Gasteiger partial charge in [0.05, 0.1) is 0 Å². The van der Waals surface area contributed by atoms with Crippen LogP contribution in [0, 0.1) is 6.92 Å². The van der Waals surface area contributed by atoms with Crippen LogP contribution in [0.3, 0.4) is 0 Å². The number of thiocarbonyl (C=S) groups is 1. The number of rotatable bonds is 2. The summed E-state index contributed by atoms with van der Waals surface area (Å²) < 4.78 is 4.94. The van der Waals surface area contributed by atoms with Crippen molar-refractivity contribution in [2.75, 3.05) is 5.32 Å². The fourth-order valence-corrected chi connectivity index (χ4v) is 1.55. The zero-order valence-electron chi connectivity index (χ0n) is 10.1. The van der Waals surface area contributed by atoms with Crippen molar-refractivity contribution in [1.82, 2.24) is 15.8 Å². The van der Waals surface area contributed by atoms with Crippen LogP contribution in [-0.2, 0) is 0 Å². The Morgan fingerprint density at radius 2 is 2.00 bits per heavy atom. The summed E-state index contributed by atoms with van der Waals surface area (Å²) in [4.78, 5) is 15.5. The molecule has 0 radical (unpaired) electrons. The van der Waals surface area contributed by atoms with E-state index < -0.39 is 5.91 Å². The third kappa shape index (κ3) is 3.52. The molecule has 6 nitrogen and oxygen atoms in total. The van der Waals surface area contributed by atoms with E-state index in [9.17, 15) is 4.79 Å². The lowest BCUT2D eigenvalue weighted by atomic mass is 10.3. The molecule has 0 atom stereocenters. The van der Waals surface area contributed by atoms with Crippen molar-refractivity contribution in [3.05, 3.63) is 48.2 Å². The number of oxazole rings is 1. The Morgan fingerprint density at radius 3 is 2.63 bits per heavy atom. The van der Waals surface area contributed by atoms with Crippen molar-refractivity contribution in [3.8, 4) is 0 Å². The number of hydrazine groups is 1. The average molecular weight is 276 g/mol. The van der Waals surface area contributed by atoms with Gasteiger partial charge in [-0.2, -0.15) is 0 Å². The van der Waals surface area contributed by atoms with Crippen LogP contribution in [0.4, 0.5) is 5.69 Å². The molecule has 0 aliphatic carbocycles. The molecular weight excluding hydrogens is 264 g/mol. The molecule has 1 aromatic carbocycles. The highest BCUT2D eigenvalue weighted by Gasteiger charge is 2.13. The molecule has 0 saturated heterocycles. The van der Waals surface area contributed by atoms with E-state index in [-0.39, 0.29) is 10.8 Å². The van der Waals surface area contributed by atoms with Gasteiger partial charge in [-0.1, -0.05) is 18.2 Å². The molecule has 98 valence electrons. The zero-order valence-corrected chi connectivity index (χ0v) is 11.0. The van der Waals surface area contributed by atoms with Crippen molar-refractivity contribution in [3.63, 3.8) is 0 Å². The van der Waals surface area contributed by atoms with E-state index in [0.29, 0.717) is 5.76 Å². The summed E-state index contributed by atoms with van der Waals surface area (Å²) in [5.74, 6) is 0.0321.